The van der Waals surface area contributed by atoms with Crippen LogP contribution in [0.25, 0.3) is 0 Å². The normalized spacial score (nSPS) is 16.6. The predicted octanol–water partition coefficient (Wildman–Crippen LogP) is 5.05. The van der Waals surface area contributed by atoms with Crippen molar-refractivity contribution in [1.82, 2.24) is 0 Å². The first-order chi connectivity index (χ1) is 12.8. The number of hydrogen-bond donors (Lipinski definition) is 0. The average Bonchev–Trinajstić information content (AvgIpc) is 2.60. The molecule has 0 amide bonds. The van der Waals surface area contributed by atoms with Gasteiger partial charge in [0.15, 0.2) is 0 Å². The Labute approximate surface area is 163 Å². The van der Waals surface area contributed by atoms with Gasteiger partial charge in [-0.15, -0.1) is 0 Å². The molecule has 0 spiro atoms. The smallest absolute Gasteiger partial charge is 0.293 e. The Bertz CT molecular complexity index is 877. The molecule has 0 N–H and O–H groups in total. The van der Waals surface area contributed by atoms with Crippen LogP contribution in [0.3, 0.4) is 0 Å². The van der Waals surface area contributed by atoms with Crippen LogP contribution in [0.1, 0.15) is 61.9 Å². The van der Waals surface area contributed by atoms with Gasteiger partial charge in [-0.1, -0.05) is 57.7 Å². The molecule has 0 aliphatic heterocycles. The van der Waals surface area contributed by atoms with Gasteiger partial charge in [0.2, 0.25) is 0 Å². The second-order valence-electron chi connectivity index (χ2n) is 8.94. The maximum absolute atomic E-state index is 10.2. The van der Waals surface area contributed by atoms with E-state index in [1.54, 1.807) is 0 Å². The molecular formula is C25H28O2. The quantitative estimate of drug-likeness (QED) is 0.433. The fourth-order valence-electron chi connectivity index (χ4n) is 4.43. The molecule has 0 aromatic heterocycles. The van der Waals surface area contributed by atoms with Gasteiger partial charge >= 0.3 is 0 Å². The Hall–Kier alpha value is -2.53. The highest BCUT2D eigenvalue weighted by atomic mass is 16.5. The molecule has 1 aliphatic carbocycles. The first-order valence-corrected chi connectivity index (χ1v) is 9.59. The largest absolute Gasteiger partial charge is 0.468 e. The molecule has 0 fully saturated rings. The van der Waals surface area contributed by atoms with Gasteiger partial charge in [0, 0.05) is 17.5 Å². The molecule has 0 saturated heterocycles. The zero-order valence-electron chi connectivity index (χ0n) is 16.8. The number of benzene rings is 2. The van der Waals surface area contributed by atoms with E-state index in [1.165, 1.54) is 17.5 Å². The highest BCUT2D eigenvalue weighted by Gasteiger charge is 2.37. The van der Waals surface area contributed by atoms with E-state index in [9.17, 15) is 4.79 Å². The molecule has 140 valence electrons. The molecule has 0 bridgehead atoms. The standard InChI is InChI=1S/C25H28O2/c1-24(2)16-22-12-11-21(15-23(22)25(3,4)17-24)10-9-19-5-7-20(8-6-19)13-14-27-18-26/h5-8,11-12,15,18H,13-14,16-17H2,1-4H3. The second kappa shape index (κ2) is 7.61. The number of hydrogen-bond acceptors (Lipinski definition) is 2. The third-order valence-electron chi connectivity index (χ3n) is 5.31. The van der Waals surface area contributed by atoms with Crippen molar-refractivity contribution in [1.29, 1.82) is 0 Å². The van der Waals surface area contributed by atoms with E-state index in [2.05, 4.69) is 57.7 Å². The Morgan fingerprint density at radius 1 is 1.00 bits per heavy atom. The number of fused-ring (bicyclic) bond motifs is 1. The minimum Gasteiger partial charge on any atom is -0.468 e. The third-order valence-corrected chi connectivity index (χ3v) is 5.31. The zero-order valence-corrected chi connectivity index (χ0v) is 16.8. The number of rotatable bonds is 4. The molecule has 27 heavy (non-hydrogen) atoms. The lowest BCUT2D eigenvalue weighted by Gasteiger charge is -2.42. The van der Waals surface area contributed by atoms with Crippen molar-refractivity contribution in [3.8, 4) is 11.8 Å². The lowest BCUT2D eigenvalue weighted by Crippen LogP contribution is -2.34. The number of carbonyl (C=O) groups excluding carboxylic acids is 1. The van der Waals surface area contributed by atoms with E-state index < -0.39 is 0 Å². The maximum Gasteiger partial charge on any atom is 0.293 e. The van der Waals surface area contributed by atoms with E-state index in [0.717, 1.165) is 29.5 Å². The molecule has 0 saturated carbocycles. The average molecular weight is 360 g/mol. The minimum absolute atomic E-state index is 0.181. The van der Waals surface area contributed by atoms with Crippen LogP contribution in [0.15, 0.2) is 42.5 Å². The SMILES string of the molecule is CC1(C)Cc2ccc(C#Cc3ccc(CCOC=O)cc3)cc2C(C)(C)C1. The second-order valence-corrected chi connectivity index (χ2v) is 8.94. The molecule has 2 nitrogen and oxygen atoms in total. The highest BCUT2D eigenvalue weighted by Crippen LogP contribution is 2.45. The Kier molecular flexibility index (Phi) is 5.42. The first kappa shape index (κ1) is 19.2. The monoisotopic (exact) mass is 360 g/mol. The van der Waals surface area contributed by atoms with Gasteiger partial charge in [0.1, 0.15) is 0 Å². The molecular weight excluding hydrogens is 332 g/mol. The molecule has 2 aromatic rings. The summed E-state index contributed by atoms with van der Waals surface area (Å²) in [6.45, 7) is 10.3. The summed E-state index contributed by atoms with van der Waals surface area (Å²) < 4.78 is 4.74. The van der Waals surface area contributed by atoms with Gasteiger partial charge < -0.3 is 4.74 Å². The molecule has 1 aliphatic rings. The van der Waals surface area contributed by atoms with E-state index in [1.807, 2.05) is 24.3 Å². The van der Waals surface area contributed by atoms with Crippen molar-refractivity contribution in [2.75, 3.05) is 6.61 Å². The van der Waals surface area contributed by atoms with Crippen molar-refractivity contribution >= 4 is 6.47 Å². The van der Waals surface area contributed by atoms with Crippen molar-refractivity contribution in [2.24, 2.45) is 5.41 Å². The van der Waals surface area contributed by atoms with Gasteiger partial charge in [-0.25, -0.2) is 0 Å². The van der Waals surface area contributed by atoms with Crippen LogP contribution in [0.2, 0.25) is 0 Å². The summed E-state index contributed by atoms with van der Waals surface area (Å²) in [6.07, 6.45) is 3.05. The Balaban J connectivity index is 1.77. The Morgan fingerprint density at radius 2 is 1.67 bits per heavy atom. The van der Waals surface area contributed by atoms with E-state index in [-0.39, 0.29) is 5.41 Å². The predicted molar refractivity (Wildman–Crippen MR) is 110 cm³/mol. The molecule has 0 heterocycles. The summed E-state index contributed by atoms with van der Waals surface area (Å²) in [5, 5.41) is 0. The van der Waals surface area contributed by atoms with Crippen LogP contribution in [-0.2, 0) is 27.8 Å². The summed E-state index contributed by atoms with van der Waals surface area (Å²) in [4.78, 5) is 10.2. The minimum atomic E-state index is 0.181. The van der Waals surface area contributed by atoms with E-state index in [4.69, 9.17) is 4.74 Å². The first-order valence-electron chi connectivity index (χ1n) is 9.59. The fourth-order valence-corrected chi connectivity index (χ4v) is 4.43. The zero-order chi connectivity index (χ0) is 19.5. The van der Waals surface area contributed by atoms with Crippen LogP contribution in [0.4, 0.5) is 0 Å². The topological polar surface area (TPSA) is 26.3 Å². The summed E-state index contributed by atoms with van der Waals surface area (Å²) in [7, 11) is 0. The van der Waals surface area contributed by atoms with Gasteiger partial charge in [-0.3, -0.25) is 4.79 Å². The van der Waals surface area contributed by atoms with Gasteiger partial charge in [0.25, 0.3) is 6.47 Å². The summed E-state index contributed by atoms with van der Waals surface area (Å²) >= 11 is 0. The van der Waals surface area contributed by atoms with Crippen LogP contribution in [0.5, 0.6) is 0 Å². The van der Waals surface area contributed by atoms with Gasteiger partial charge in [-0.05, 0) is 64.6 Å². The van der Waals surface area contributed by atoms with E-state index in [0.29, 0.717) is 18.5 Å². The van der Waals surface area contributed by atoms with Crippen LogP contribution in [0, 0.1) is 17.3 Å². The maximum atomic E-state index is 10.2. The summed E-state index contributed by atoms with van der Waals surface area (Å²) in [5.74, 6) is 6.59. The number of carbonyl (C=O) groups is 1. The lowest BCUT2D eigenvalue weighted by atomic mass is 9.62. The van der Waals surface area contributed by atoms with Crippen molar-refractivity contribution < 1.29 is 9.53 Å². The third kappa shape index (κ3) is 4.80. The van der Waals surface area contributed by atoms with Crippen molar-refractivity contribution in [3.63, 3.8) is 0 Å². The Morgan fingerprint density at radius 3 is 2.37 bits per heavy atom. The van der Waals surface area contributed by atoms with Crippen LogP contribution >= 0.6 is 0 Å². The summed E-state index contributed by atoms with van der Waals surface area (Å²) in [6, 6.07) is 14.8. The molecule has 3 rings (SSSR count). The van der Waals surface area contributed by atoms with E-state index >= 15 is 0 Å². The van der Waals surface area contributed by atoms with Crippen molar-refractivity contribution in [3.05, 3.63) is 70.3 Å². The molecule has 0 radical (unpaired) electrons. The van der Waals surface area contributed by atoms with Crippen LogP contribution < -0.4 is 0 Å². The number of ether oxygens (including phenoxy) is 1. The summed E-state index contributed by atoms with van der Waals surface area (Å²) in [5.41, 5.74) is 6.64. The molecule has 0 atom stereocenters. The highest BCUT2D eigenvalue weighted by molar-refractivity contribution is 5.49. The van der Waals surface area contributed by atoms with Crippen LogP contribution in [-0.4, -0.2) is 13.1 Å². The van der Waals surface area contributed by atoms with Crippen molar-refractivity contribution in [2.45, 2.75) is 52.4 Å². The molecule has 2 aromatic carbocycles. The molecule has 2 heteroatoms. The lowest BCUT2D eigenvalue weighted by molar-refractivity contribution is -0.128. The van der Waals surface area contributed by atoms with Gasteiger partial charge in [-0.2, -0.15) is 0 Å². The fraction of sp³-hybridized carbons (Fsp3) is 0.400. The van der Waals surface area contributed by atoms with Gasteiger partial charge in [0.05, 0.1) is 6.61 Å². The molecule has 0 unspecified atom stereocenters.